The Labute approximate surface area is 172 Å². The molecule has 0 aliphatic rings. The van der Waals surface area contributed by atoms with E-state index in [4.69, 9.17) is 15.3 Å². The van der Waals surface area contributed by atoms with Crippen LogP contribution in [0.1, 0.15) is 41.5 Å². The maximum absolute atomic E-state index is 10.0. The zero-order chi connectivity index (χ0) is 17.6. The van der Waals surface area contributed by atoms with Gasteiger partial charge in [0, 0.05) is 67.6 Å². The van der Waals surface area contributed by atoms with E-state index >= 15 is 0 Å². The van der Waals surface area contributed by atoms with Gasteiger partial charge in [0.15, 0.2) is 17.3 Å². The third-order valence-electron chi connectivity index (χ3n) is 1.24. The minimum absolute atomic E-state index is 0. The van der Waals surface area contributed by atoms with Crippen LogP contribution in [0.2, 0.25) is 0 Å². The van der Waals surface area contributed by atoms with Crippen LogP contribution in [0.3, 0.4) is 0 Å². The van der Waals surface area contributed by atoms with E-state index in [1.165, 1.54) is 59.8 Å². The summed E-state index contributed by atoms with van der Waals surface area (Å²) in [6, 6.07) is 0. The van der Waals surface area contributed by atoms with Crippen LogP contribution in [0, 0.1) is 49.4 Å². The second kappa shape index (κ2) is 18.3. The summed E-state index contributed by atoms with van der Waals surface area (Å²) in [4.78, 5) is 30.1. The number of aliphatic hydroxyl groups excluding tert-OH is 3. The van der Waals surface area contributed by atoms with Crippen molar-refractivity contribution in [3.8, 4) is 0 Å². The van der Waals surface area contributed by atoms with Gasteiger partial charge in [0.2, 0.25) is 0 Å². The van der Waals surface area contributed by atoms with Crippen molar-refractivity contribution in [3.05, 3.63) is 35.5 Å². The molecule has 3 N–H and O–H groups in total. The van der Waals surface area contributed by atoms with Crippen LogP contribution in [-0.4, -0.2) is 32.7 Å². The Balaban J connectivity index is -0.000000108. The quantitative estimate of drug-likeness (QED) is 0.448. The third-order valence-corrected chi connectivity index (χ3v) is 1.24. The average molecular weight is 452 g/mol. The second-order valence-electron chi connectivity index (χ2n) is 4.19. The predicted molar refractivity (Wildman–Crippen MR) is 81.2 cm³/mol. The molecule has 0 aliphatic carbocycles. The largest absolute Gasteiger partial charge is 0.512 e. The van der Waals surface area contributed by atoms with Gasteiger partial charge in [-0.25, -0.2) is 0 Å². The molecule has 0 aromatic rings. The molecular formula is C15H24EuO6. The fourth-order valence-electron chi connectivity index (χ4n) is 0.882. The summed E-state index contributed by atoms with van der Waals surface area (Å²) in [6.07, 6.45) is 3.50. The first kappa shape index (κ1) is 29.3. The maximum atomic E-state index is 10.0. The minimum atomic E-state index is -0.125. The molecule has 0 saturated carbocycles. The smallest absolute Gasteiger partial charge is 0.155 e. The first-order chi connectivity index (χ1) is 9.38. The van der Waals surface area contributed by atoms with E-state index in [-0.39, 0.29) is 84.0 Å². The molecule has 127 valence electrons. The SMILES string of the molecule is CC(=O)/C=C(/C)O.CC(=O)/C=C(/C)O.CC(=O)/C=C(\C)O.[Eu]. The van der Waals surface area contributed by atoms with E-state index in [2.05, 4.69) is 0 Å². The van der Waals surface area contributed by atoms with Crippen LogP contribution >= 0.6 is 0 Å². The van der Waals surface area contributed by atoms with Crippen molar-refractivity contribution >= 4 is 17.3 Å². The van der Waals surface area contributed by atoms with Crippen LogP contribution in [0.4, 0.5) is 0 Å². The van der Waals surface area contributed by atoms with Crippen molar-refractivity contribution in [1.29, 1.82) is 0 Å². The predicted octanol–water partition coefficient (Wildman–Crippen LogP) is 3.11. The summed E-state index contributed by atoms with van der Waals surface area (Å²) < 4.78 is 0. The van der Waals surface area contributed by atoms with E-state index in [0.717, 1.165) is 0 Å². The molecule has 0 fully saturated rings. The molecule has 0 saturated heterocycles. The standard InChI is InChI=1S/3C5H8O2.Eu/c3*1-4(6)3-5(2)7;/h3*3,6H,1-2H3;/b4-3+;2*4-3-;. The topological polar surface area (TPSA) is 112 Å². The van der Waals surface area contributed by atoms with Crippen LogP contribution in [-0.2, 0) is 14.4 Å². The molecule has 0 rings (SSSR count). The van der Waals surface area contributed by atoms with Gasteiger partial charge in [-0.05, 0) is 41.5 Å². The number of hydrogen-bond acceptors (Lipinski definition) is 6. The van der Waals surface area contributed by atoms with Gasteiger partial charge in [-0.15, -0.1) is 0 Å². The zero-order valence-corrected chi connectivity index (χ0v) is 16.1. The van der Waals surface area contributed by atoms with Gasteiger partial charge >= 0.3 is 0 Å². The molecule has 1 radical (unpaired) electrons. The summed E-state index contributed by atoms with van der Waals surface area (Å²) in [5.74, 6) is -0.187. The molecule has 0 heterocycles. The Bertz CT molecular complexity index is 368. The first-order valence-electron chi connectivity index (χ1n) is 6.02. The summed E-state index contributed by atoms with van der Waals surface area (Å²) >= 11 is 0. The summed E-state index contributed by atoms with van der Waals surface area (Å²) in [7, 11) is 0. The van der Waals surface area contributed by atoms with Gasteiger partial charge < -0.3 is 15.3 Å². The van der Waals surface area contributed by atoms with E-state index in [1.807, 2.05) is 0 Å². The fourth-order valence-corrected chi connectivity index (χ4v) is 0.882. The molecule has 0 atom stereocenters. The van der Waals surface area contributed by atoms with Gasteiger partial charge in [-0.1, -0.05) is 0 Å². The molecule has 0 bridgehead atoms. The van der Waals surface area contributed by atoms with Gasteiger partial charge in [0.1, 0.15) is 0 Å². The Morgan fingerprint density at radius 2 is 0.682 bits per heavy atom. The molecule has 7 heteroatoms. The van der Waals surface area contributed by atoms with Crippen molar-refractivity contribution in [1.82, 2.24) is 0 Å². The number of hydrogen-bond donors (Lipinski definition) is 3. The van der Waals surface area contributed by atoms with Crippen LogP contribution in [0.15, 0.2) is 35.5 Å². The second-order valence-corrected chi connectivity index (χ2v) is 4.19. The van der Waals surface area contributed by atoms with E-state index in [9.17, 15) is 14.4 Å². The molecule has 0 aliphatic heterocycles. The Hall–Kier alpha value is -0.786. The first-order valence-corrected chi connectivity index (χ1v) is 6.02. The number of aliphatic hydroxyl groups is 3. The molecule has 0 unspecified atom stereocenters. The maximum Gasteiger partial charge on any atom is 0.155 e. The molecule has 0 aromatic carbocycles. The fraction of sp³-hybridized carbons (Fsp3) is 0.400. The van der Waals surface area contributed by atoms with Gasteiger partial charge in [-0.2, -0.15) is 0 Å². The van der Waals surface area contributed by atoms with Crippen LogP contribution < -0.4 is 0 Å². The number of ketones is 3. The van der Waals surface area contributed by atoms with Gasteiger partial charge in [0.05, 0.1) is 17.3 Å². The normalized spacial score (nSPS) is 10.9. The van der Waals surface area contributed by atoms with Crippen molar-refractivity contribution in [2.24, 2.45) is 0 Å². The van der Waals surface area contributed by atoms with Crippen LogP contribution in [0.25, 0.3) is 0 Å². The molecule has 6 nitrogen and oxygen atoms in total. The van der Waals surface area contributed by atoms with E-state index < -0.39 is 0 Å². The Morgan fingerprint density at radius 1 is 0.545 bits per heavy atom. The molecule has 0 amide bonds. The van der Waals surface area contributed by atoms with Crippen molar-refractivity contribution < 1.29 is 79.1 Å². The molecule has 0 spiro atoms. The number of carbonyl (C=O) groups excluding carboxylic acids is 3. The Kier molecular flexibility index (Phi) is 24.3. The number of carbonyl (C=O) groups is 3. The Morgan fingerprint density at radius 3 is 0.682 bits per heavy atom. The number of rotatable bonds is 3. The van der Waals surface area contributed by atoms with Crippen molar-refractivity contribution in [3.63, 3.8) is 0 Å². The van der Waals surface area contributed by atoms with E-state index in [1.54, 1.807) is 0 Å². The molecule has 22 heavy (non-hydrogen) atoms. The summed E-state index contributed by atoms with van der Waals surface area (Å²) in [5, 5.41) is 25.1. The monoisotopic (exact) mass is 453 g/mol. The summed E-state index contributed by atoms with van der Waals surface area (Å²) in [5.41, 5.74) is 0. The van der Waals surface area contributed by atoms with Gasteiger partial charge in [-0.3, -0.25) is 14.4 Å². The summed E-state index contributed by atoms with van der Waals surface area (Å²) in [6.45, 7) is 8.54. The van der Waals surface area contributed by atoms with Crippen molar-refractivity contribution in [2.75, 3.05) is 0 Å². The van der Waals surface area contributed by atoms with Crippen LogP contribution in [0.5, 0.6) is 0 Å². The molecule has 0 aromatic heterocycles. The molecular weight excluding hydrogens is 428 g/mol. The number of allylic oxidation sites excluding steroid dienone is 6. The minimum Gasteiger partial charge on any atom is -0.512 e. The third kappa shape index (κ3) is 50.7. The van der Waals surface area contributed by atoms with Crippen molar-refractivity contribution in [2.45, 2.75) is 41.5 Å². The van der Waals surface area contributed by atoms with Gasteiger partial charge in [0.25, 0.3) is 0 Å². The zero-order valence-electron chi connectivity index (χ0n) is 13.7. The average Bonchev–Trinajstić information content (AvgIpc) is 2.10. The van der Waals surface area contributed by atoms with E-state index in [0.29, 0.717) is 0 Å².